The molecule has 0 unspecified atom stereocenters. The van der Waals surface area contributed by atoms with Crippen LogP contribution in [0.15, 0.2) is 77.7 Å². The molecule has 0 aromatic heterocycles. The van der Waals surface area contributed by atoms with E-state index in [1.54, 1.807) is 36.4 Å². The molecule has 2 fully saturated rings. The number of benzene rings is 3. The van der Waals surface area contributed by atoms with E-state index in [2.05, 4.69) is 10.2 Å². The fraction of sp³-hybridized carbons (Fsp3) is 0.207. The average molecular weight is 564 g/mol. The molecular formula is C29H26ClN3O5S. The minimum absolute atomic E-state index is 0.256. The normalized spacial score (nSPS) is 16.6. The number of para-hydroxylation sites is 2. The van der Waals surface area contributed by atoms with Crippen LogP contribution >= 0.6 is 23.4 Å². The number of halogens is 1. The second-order valence-electron chi connectivity index (χ2n) is 8.88. The Bertz CT molecular complexity index is 1410. The van der Waals surface area contributed by atoms with Gasteiger partial charge in [0.1, 0.15) is 18.9 Å². The zero-order valence-electron chi connectivity index (χ0n) is 21.0. The number of nitrogens with zero attached hydrogens (tertiary/aromatic N) is 2. The Morgan fingerprint density at radius 3 is 2.49 bits per heavy atom. The van der Waals surface area contributed by atoms with Gasteiger partial charge in [-0.3, -0.25) is 19.3 Å². The van der Waals surface area contributed by atoms with Gasteiger partial charge in [0.05, 0.1) is 29.5 Å². The van der Waals surface area contributed by atoms with E-state index < -0.39 is 17.1 Å². The van der Waals surface area contributed by atoms with Gasteiger partial charge in [0.2, 0.25) is 5.91 Å². The first-order chi connectivity index (χ1) is 19.0. The van der Waals surface area contributed by atoms with Crippen molar-refractivity contribution in [3.63, 3.8) is 0 Å². The van der Waals surface area contributed by atoms with Crippen LogP contribution in [-0.4, -0.2) is 54.8 Å². The Balaban J connectivity index is 1.19. The molecular weight excluding hydrogens is 538 g/mol. The molecule has 10 heteroatoms. The molecule has 39 heavy (non-hydrogen) atoms. The standard InChI is InChI=1S/C29H26ClN3O5S/c30-23-6-2-1-5-21(23)19-38-22-11-9-20(10-12-22)17-26-28(35)33(29(36)39-26)18-27(34)31-24-7-3-4-8-25(24)32-13-15-37-16-14-32/h1-12,17H,13-16,18-19H2,(H,31,34)/b26-17+. The lowest BCUT2D eigenvalue weighted by Crippen LogP contribution is -2.38. The van der Waals surface area contributed by atoms with Gasteiger partial charge in [-0.25, -0.2) is 0 Å². The summed E-state index contributed by atoms with van der Waals surface area (Å²) in [7, 11) is 0. The van der Waals surface area contributed by atoms with Crippen LogP contribution in [-0.2, 0) is 20.9 Å². The molecule has 3 aromatic rings. The molecule has 0 spiro atoms. The predicted octanol–water partition coefficient (Wildman–Crippen LogP) is 5.43. The van der Waals surface area contributed by atoms with Crippen molar-refractivity contribution in [2.45, 2.75) is 6.61 Å². The summed E-state index contributed by atoms with van der Waals surface area (Å²) in [4.78, 5) is 41.7. The van der Waals surface area contributed by atoms with E-state index in [0.29, 0.717) is 36.3 Å². The first kappa shape index (κ1) is 26.8. The molecule has 8 nitrogen and oxygen atoms in total. The summed E-state index contributed by atoms with van der Waals surface area (Å²) < 4.78 is 11.2. The zero-order chi connectivity index (χ0) is 27.2. The number of thioether (sulfide) groups is 1. The molecule has 0 bridgehead atoms. The number of nitrogens with one attached hydrogen (secondary N) is 1. The van der Waals surface area contributed by atoms with Crippen LogP contribution in [0.5, 0.6) is 5.75 Å². The summed E-state index contributed by atoms with van der Waals surface area (Å²) in [6.45, 7) is 2.63. The summed E-state index contributed by atoms with van der Waals surface area (Å²) >= 11 is 6.99. The van der Waals surface area contributed by atoms with Crippen LogP contribution in [0.1, 0.15) is 11.1 Å². The van der Waals surface area contributed by atoms with E-state index in [1.807, 2.05) is 42.5 Å². The number of ether oxygens (including phenoxy) is 2. The van der Waals surface area contributed by atoms with Crippen LogP contribution in [0.2, 0.25) is 5.02 Å². The molecule has 0 atom stereocenters. The van der Waals surface area contributed by atoms with E-state index in [0.717, 1.165) is 46.6 Å². The van der Waals surface area contributed by atoms with E-state index >= 15 is 0 Å². The number of hydrogen-bond donors (Lipinski definition) is 1. The highest BCUT2D eigenvalue weighted by Gasteiger charge is 2.36. The van der Waals surface area contributed by atoms with Gasteiger partial charge in [0, 0.05) is 23.7 Å². The number of morpholine rings is 1. The Labute approximate surface area is 235 Å². The topological polar surface area (TPSA) is 88.2 Å². The molecule has 2 heterocycles. The third-order valence-electron chi connectivity index (χ3n) is 6.24. The monoisotopic (exact) mass is 563 g/mol. The molecule has 5 rings (SSSR count). The van der Waals surface area contributed by atoms with Crippen molar-refractivity contribution in [1.29, 1.82) is 0 Å². The van der Waals surface area contributed by atoms with E-state index in [1.165, 1.54) is 0 Å². The van der Waals surface area contributed by atoms with Gasteiger partial charge in [-0.05, 0) is 53.7 Å². The van der Waals surface area contributed by atoms with Crippen LogP contribution < -0.4 is 15.0 Å². The van der Waals surface area contributed by atoms with E-state index in [4.69, 9.17) is 21.1 Å². The Morgan fingerprint density at radius 2 is 1.72 bits per heavy atom. The lowest BCUT2D eigenvalue weighted by molar-refractivity contribution is -0.127. The molecule has 3 amide bonds. The van der Waals surface area contributed by atoms with Gasteiger partial charge in [-0.15, -0.1) is 0 Å². The molecule has 2 aliphatic heterocycles. The van der Waals surface area contributed by atoms with Gasteiger partial charge >= 0.3 is 0 Å². The first-order valence-electron chi connectivity index (χ1n) is 12.4. The van der Waals surface area contributed by atoms with E-state index in [9.17, 15) is 14.4 Å². The van der Waals surface area contributed by atoms with Crippen molar-refractivity contribution >= 4 is 57.9 Å². The Morgan fingerprint density at radius 1 is 1.00 bits per heavy atom. The summed E-state index contributed by atoms with van der Waals surface area (Å²) in [6.07, 6.45) is 1.63. The van der Waals surface area contributed by atoms with Crippen molar-refractivity contribution in [1.82, 2.24) is 4.90 Å². The summed E-state index contributed by atoms with van der Waals surface area (Å²) in [5, 5.41) is 3.01. The van der Waals surface area contributed by atoms with Gasteiger partial charge in [-0.2, -0.15) is 0 Å². The molecule has 2 aliphatic rings. The highest BCUT2D eigenvalue weighted by Crippen LogP contribution is 2.33. The maximum absolute atomic E-state index is 13.0. The fourth-order valence-electron chi connectivity index (χ4n) is 4.22. The second kappa shape index (κ2) is 12.4. The van der Waals surface area contributed by atoms with Crippen LogP contribution in [0, 0.1) is 0 Å². The molecule has 0 radical (unpaired) electrons. The third kappa shape index (κ3) is 6.62. The third-order valence-corrected chi connectivity index (χ3v) is 7.51. The number of amides is 3. The number of imide groups is 1. The lowest BCUT2D eigenvalue weighted by atomic mass is 10.2. The van der Waals surface area contributed by atoms with Crippen LogP contribution in [0.4, 0.5) is 16.2 Å². The van der Waals surface area contributed by atoms with Crippen LogP contribution in [0.3, 0.4) is 0 Å². The zero-order valence-corrected chi connectivity index (χ0v) is 22.5. The summed E-state index contributed by atoms with van der Waals surface area (Å²) in [5.41, 5.74) is 3.12. The quantitative estimate of drug-likeness (QED) is 0.366. The molecule has 200 valence electrons. The smallest absolute Gasteiger partial charge is 0.294 e. The molecule has 1 N–H and O–H groups in total. The van der Waals surface area contributed by atoms with Crippen molar-refractivity contribution in [2.75, 3.05) is 43.1 Å². The van der Waals surface area contributed by atoms with Crippen molar-refractivity contribution < 1.29 is 23.9 Å². The van der Waals surface area contributed by atoms with Gasteiger partial charge in [-0.1, -0.05) is 54.1 Å². The van der Waals surface area contributed by atoms with Crippen molar-refractivity contribution in [2.24, 2.45) is 0 Å². The van der Waals surface area contributed by atoms with Gasteiger partial charge in [0.25, 0.3) is 11.1 Å². The number of rotatable bonds is 8. The Hall–Kier alpha value is -3.79. The first-order valence-corrected chi connectivity index (χ1v) is 13.6. The van der Waals surface area contributed by atoms with Crippen molar-refractivity contribution in [3.8, 4) is 5.75 Å². The van der Waals surface area contributed by atoms with Gasteiger partial charge < -0.3 is 19.7 Å². The SMILES string of the molecule is O=C(CN1C(=O)S/C(=C/c2ccc(OCc3ccccc3Cl)cc2)C1=O)Nc1ccccc1N1CCOCC1. The summed E-state index contributed by atoms with van der Waals surface area (Å²) in [6, 6.07) is 22.1. The highest BCUT2D eigenvalue weighted by molar-refractivity contribution is 8.18. The maximum atomic E-state index is 13.0. The largest absolute Gasteiger partial charge is 0.489 e. The lowest BCUT2D eigenvalue weighted by Gasteiger charge is -2.30. The molecule has 2 saturated heterocycles. The Kier molecular flexibility index (Phi) is 8.51. The fourth-order valence-corrected chi connectivity index (χ4v) is 5.25. The maximum Gasteiger partial charge on any atom is 0.294 e. The molecule has 3 aromatic carbocycles. The van der Waals surface area contributed by atoms with Crippen LogP contribution in [0.25, 0.3) is 6.08 Å². The number of carbonyl (C=O) groups is 3. The predicted molar refractivity (Wildman–Crippen MR) is 153 cm³/mol. The minimum Gasteiger partial charge on any atom is -0.489 e. The molecule has 0 saturated carbocycles. The number of carbonyl (C=O) groups excluding carboxylic acids is 3. The van der Waals surface area contributed by atoms with E-state index in [-0.39, 0.29) is 11.4 Å². The number of hydrogen-bond acceptors (Lipinski definition) is 7. The minimum atomic E-state index is -0.499. The number of anilines is 2. The summed E-state index contributed by atoms with van der Waals surface area (Å²) in [5.74, 6) is -0.297. The second-order valence-corrected chi connectivity index (χ2v) is 10.3. The average Bonchev–Trinajstić information content (AvgIpc) is 3.21. The molecule has 0 aliphatic carbocycles. The highest BCUT2D eigenvalue weighted by atomic mass is 35.5. The van der Waals surface area contributed by atoms with Gasteiger partial charge in [0.15, 0.2) is 0 Å². The van der Waals surface area contributed by atoms with Crippen molar-refractivity contribution in [3.05, 3.63) is 93.9 Å².